The van der Waals surface area contributed by atoms with Crippen molar-refractivity contribution < 1.29 is 39.5 Å². The Hall–Kier alpha value is -1.30. The van der Waals surface area contributed by atoms with Crippen molar-refractivity contribution in [1.29, 1.82) is 0 Å². The topological polar surface area (TPSA) is 140 Å². The van der Waals surface area contributed by atoms with Crippen molar-refractivity contribution in [1.82, 2.24) is 9.80 Å². The Morgan fingerprint density at radius 2 is 0.787 bits per heavy atom. The molecule has 0 aliphatic heterocycles. The lowest BCUT2D eigenvalue weighted by molar-refractivity contribution is -0.156. The molecule has 0 aliphatic carbocycles. The van der Waals surface area contributed by atoms with Crippen molar-refractivity contribution in [2.45, 2.75) is 161 Å². The zero-order chi connectivity index (χ0) is 34.8. The van der Waals surface area contributed by atoms with Crippen LogP contribution in [-0.4, -0.2) is 120 Å². The number of ether oxygens (including phenoxy) is 2. The van der Waals surface area contributed by atoms with Crippen LogP contribution in [0.3, 0.4) is 0 Å². The van der Waals surface area contributed by atoms with E-state index in [1.807, 2.05) is 4.90 Å². The van der Waals surface area contributed by atoms with Crippen molar-refractivity contribution in [2.24, 2.45) is 0 Å². The fraction of sp³-hybridized carbons (Fsp3) is 0.946. The van der Waals surface area contributed by atoms with E-state index in [9.17, 15) is 30.0 Å². The maximum absolute atomic E-state index is 12.5. The van der Waals surface area contributed by atoms with E-state index in [-0.39, 0.29) is 39.5 Å². The highest BCUT2D eigenvalue weighted by Crippen LogP contribution is 2.12. The third kappa shape index (κ3) is 29.3. The van der Waals surface area contributed by atoms with Crippen molar-refractivity contribution >= 4 is 11.9 Å². The Balaban J connectivity index is 4.54. The van der Waals surface area contributed by atoms with Gasteiger partial charge >= 0.3 is 11.9 Å². The van der Waals surface area contributed by atoms with Crippen LogP contribution in [0.25, 0.3) is 0 Å². The van der Waals surface area contributed by atoms with E-state index >= 15 is 0 Å². The van der Waals surface area contributed by atoms with Crippen molar-refractivity contribution in [2.75, 3.05) is 65.7 Å². The monoisotopic (exact) mass is 675 g/mol. The summed E-state index contributed by atoms with van der Waals surface area (Å²) in [5.74, 6) is -1.41. The van der Waals surface area contributed by atoms with E-state index in [2.05, 4.69) is 13.8 Å². The molecular formula is C37H74N2O8. The molecule has 0 amide bonds. The summed E-state index contributed by atoms with van der Waals surface area (Å²) in [6.07, 6.45) is 21.3. The molecule has 2 unspecified atom stereocenters. The quantitative estimate of drug-likeness (QED) is 0.0490. The first kappa shape index (κ1) is 45.7. The van der Waals surface area contributed by atoms with E-state index in [4.69, 9.17) is 9.47 Å². The molecule has 10 nitrogen and oxygen atoms in total. The van der Waals surface area contributed by atoms with Gasteiger partial charge in [-0.05, 0) is 32.4 Å². The van der Waals surface area contributed by atoms with Crippen molar-refractivity contribution in [3.63, 3.8) is 0 Å². The molecule has 2 atom stereocenters. The highest BCUT2D eigenvalue weighted by atomic mass is 16.6. The van der Waals surface area contributed by atoms with Gasteiger partial charge in [-0.15, -0.1) is 0 Å². The van der Waals surface area contributed by atoms with Gasteiger partial charge in [0.1, 0.15) is 0 Å². The summed E-state index contributed by atoms with van der Waals surface area (Å²) in [5, 5.41) is 39.8. The van der Waals surface area contributed by atoms with Gasteiger partial charge in [-0.25, -0.2) is 9.59 Å². The minimum atomic E-state index is -1.40. The Kier molecular flexibility index (Phi) is 33.6. The molecule has 0 saturated heterocycles. The van der Waals surface area contributed by atoms with E-state index in [0.717, 1.165) is 38.5 Å². The number of hydrogen-bond donors (Lipinski definition) is 4. The lowest BCUT2D eigenvalue weighted by atomic mass is 10.1. The number of aliphatic hydroxyl groups excluding tert-OH is 4. The van der Waals surface area contributed by atoms with Crippen LogP contribution in [-0.2, 0) is 19.1 Å². The summed E-state index contributed by atoms with van der Waals surface area (Å²) in [4.78, 5) is 28.6. The van der Waals surface area contributed by atoms with Crippen LogP contribution >= 0.6 is 0 Å². The van der Waals surface area contributed by atoms with Gasteiger partial charge in [0.15, 0.2) is 12.2 Å². The maximum Gasteiger partial charge on any atom is 0.336 e. The molecule has 47 heavy (non-hydrogen) atoms. The predicted molar refractivity (Wildman–Crippen MR) is 189 cm³/mol. The molecule has 0 radical (unpaired) electrons. The second-order valence-electron chi connectivity index (χ2n) is 13.1. The van der Waals surface area contributed by atoms with E-state index in [1.165, 1.54) is 89.9 Å². The summed E-state index contributed by atoms with van der Waals surface area (Å²) < 4.78 is 10.6. The molecule has 0 spiro atoms. The Morgan fingerprint density at radius 1 is 0.468 bits per heavy atom. The number of carbonyl (C=O) groups is 2. The lowest BCUT2D eigenvalue weighted by Gasteiger charge is -2.27. The molecule has 0 rings (SSSR count). The van der Waals surface area contributed by atoms with E-state index in [0.29, 0.717) is 32.6 Å². The van der Waals surface area contributed by atoms with Gasteiger partial charge in [0.05, 0.1) is 26.4 Å². The van der Waals surface area contributed by atoms with Crippen LogP contribution in [0.5, 0.6) is 0 Å². The zero-order valence-electron chi connectivity index (χ0n) is 30.4. The fourth-order valence-corrected chi connectivity index (χ4v) is 5.75. The van der Waals surface area contributed by atoms with Gasteiger partial charge in [0.2, 0.25) is 0 Å². The minimum absolute atomic E-state index is 0.0308. The first-order chi connectivity index (χ1) is 22.9. The molecule has 0 aromatic heterocycles. The predicted octanol–water partition coefficient (Wildman–Crippen LogP) is 5.62. The maximum atomic E-state index is 12.5. The lowest BCUT2D eigenvalue weighted by Crippen LogP contribution is -2.45. The largest absolute Gasteiger partial charge is 0.464 e. The number of esters is 2. The summed E-state index contributed by atoms with van der Waals surface area (Å²) in [7, 11) is 0. The summed E-state index contributed by atoms with van der Waals surface area (Å²) in [6, 6.07) is 0. The molecule has 0 fully saturated rings. The van der Waals surface area contributed by atoms with Crippen molar-refractivity contribution in [3.8, 4) is 0 Å². The van der Waals surface area contributed by atoms with Crippen molar-refractivity contribution in [3.05, 3.63) is 0 Å². The standard InChI is InChI=1S/C37H74N2O8/c1-3-5-7-9-11-13-15-17-19-21-30-46-36(44)34(42)32-39(25-23-24-38(26-28-40)27-29-41)33-35(43)37(45)47-31-22-20-18-16-14-12-10-8-6-4-2/h34-35,40-43H,3-33H2,1-2H3. The van der Waals surface area contributed by atoms with Gasteiger partial charge < -0.3 is 29.9 Å². The number of rotatable bonds is 36. The van der Waals surface area contributed by atoms with Crippen LogP contribution < -0.4 is 0 Å². The first-order valence-corrected chi connectivity index (χ1v) is 19.2. The number of hydrogen-bond acceptors (Lipinski definition) is 10. The molecule has 0 saturated carbocycles. The Bertz CT molecular complexity index is 647. The smallest absolute Gasteiger partial charge is 0.336 e. The highest BCUT2D eigenvalue weighted by molar-refractivity contribution is 5.75. The number of carbonyl (C=O) groups excluding carboxylic acids is 2. The van der Waals surface area contributed by atoms with Gasteiger partial charge in [-0.3, -0.25) is 9.80 Å². The van der Waals surface area contributed by atoms with Crippen LogP contribution in [0.15, 0.2) is 0 Å². The van der Waals surface area contributed by atoms with Gasteiger partial charge in [0.25, 0.3) is 0 Å². The zero-order valence-corrected chi connectivity index (χ0v) is 30.4. The first-order valence-electron chi connectivity index (χ1n) is 19.2. The summed E-state index contributed by atoms with van der Waals surface area (Å²) >= 11 is 0. The molecule has 0 bridgehead atoms. The third-order valence-corrected chi connectivity index (χ3v) is 8.67. The molecule has 280 valence electrons. The molecule has 0 heterocycles. The van der Waals surface area contributed by atoms with Crippen LogP contribution in [0.2, 0.25) is 0 Å². The second kappa shape index (κ2) is 34.6. The van der Waals surface area contributed by atoms with Gasteiger partial charge in [-0.1, -0.05) is 129 Å². The highest BCUT2D eigenvalue weighted by Gasteiger charge is 2.25. The van der Waals surface area contributed by atoms with Crippen LogP contribution in [0, 0.1) is 0 Å². The molecule has 10 heteroatoms. The average Bonchev–Trinajstić information content (AvgIpc) is 3.05. The third-order valence-electron chi connectivity index (χ3n) is 8.67. The molecule has 0 aromatic carbocycles. The summed E-state index contributed by atoms with van der Waals surface area (Å²) in [5.41, 5.74) is 0. The molecule has 0 aliphatic rings. The van der Waals surface area contributed by atoms with Crippen LogP contribution in [0.4, 0.5) is 0 Å². The number of nitrogens with zero attached hydrogens (tertiary/aromatic N) is 2. The molecule has 4 N–H and O–H groups in total. The SMILES string of the molecule is CCCCCCCCCCCCOC(=O)C(O)CN(CCCN(CCO)CCO)CC(O)C(=O)OCCCCCCCCCCCC. The Morgan fingerprint density at radius 3 is 1.13 bits per heavy atom. The van der Waals surface area contributed by atoms with Crippen LogP contribution in [0.1, 0.15) is 149 Å². The Labute approximate surface area is 287 Å². The fourth-order valence-electron chi connectivity index (χ4n) is 5.75. The number of aliphatic hydroxyl groups is 4. The summed E-state index contributed by atoms with van der Waals surface area (Å²) in [6.45, 7) is 6.53. The van der Waals surface area contributed by atoms with Gasteiger partial charge in [-0.2, -0.15) is 0 Å². The van der Waals surface area contributed by atoms with E-state index in [1.54, 1.807) is 4.90 Å². The number of unbranched alkanes of at least 4 members (excludes halogenated alkanes) is 18. The van der Waals surface area contributed by atoms with Gasteiger partial charge in [0, 0.05) is 26.2 Å². The molecule has 0 aromatic rings. The molecular weight excluding hydrogens is 600 g/mol. The van der Waals surface area contributed by atoms with E-state index < -0.39 is 24.1 Å². The second-order valence-corrected chi connectivity index (χ2v) is 13.1. The minimum Gasteiger partial charge on any atom is -0.464 e. The average molecular weight is 675 g/mol. The normalized spacial score (nSPS) is 12.9.